The summed E-state index contributed by atoms with van der Waals surface area (Å²) in [7, 11) is 0. The number of hydrogen-bond acceptors (Lipinski definition) is 3. The van der Waals surface area contributed by atoms with Gasteiger partial charge in [-0.2, -0.15) is 0 Å². The summed E-state index contributed by atoms with van der Waals surface area (Å²) in [4.78, 5) is 4.29. The van der Waals surface area contributed by atoms with Crippen LogP contribution in [0.4, 0.5) is 4.39 Å². The summed E-state index contributed by atoms with van der Waals surface area (Å²) in [6.07, 6.45) is 4.33. The molecule has 1 N–H and O–H groups in total. The van der Waals surface area contributed by atoms with Crippen molar-refractivity contribution >= 4 is 0 Å². The fourth-order valence-corrected chi connectivity index (χ4v) is 2.62. The van der Waals surface area contributed by atoms with Gasteiger partial charge in [-0.05, 0) is 54.9 Å². The maximum Gasteiger partial charge on any atom is 0.123 e. The number of halogens is 1. The number of hydrogen-bond donors (Lipinski definition) is 1. The summed E-state index contributed by atoms with van der Waals surface area (Å²) in [6, 6.07) is 16.4. The maximum absolute atomic E-state index is 13.1. The predicted molar refractivity (Wildman–Crippen MR) is 87.5 cm³/mol. The molecule has 118 valence electrons. The van der Waals surface area contributed by atoms with Gasteiger partial charge in [-0.25, -0.2) is 4.39 Å². The third kappa shape index (κ3) is 4.27. The van der Waals surface area contributed by atoms with Crippen molar-refractivity contribution in [3.8, 4) is 0 Å². The molecule has 1 aromatic carbocycles. The minimum atomic E-state index is -0.222. The minimum Gasteiger partial charge on any atom is -0.469 e. The molecule has 2 heterocycles. The van der Waals surface area contributed by atoms with E-state index in [1.807, 2.05) is 42.5 Å². The third-order valence-electron chi connectivity index (χ3n) is 3.80. The van der Waals surface area contributed by atoms with Crippen molar-refractivity contribution < 1.29 is 8.81 Å². The number of furan rings is 1. The number of aromatic nitrogens is 1. The molecule has 2 aromatic heterocycles. The van der Waals surface area contributed by atoms with Gasteiger partial charge in [0.15, 0.2) is 0 Å². The van der Waals surface area contributed by atoms with E-state index in [2.05, 4.69) is 10.3 Å². The van der Waals surface area contributed by atoms with Gasteiger partial charge in [0.05, 0.1) is 12.0 Å². The number of benzene rings is 1. The van der Waals surface area contributed by atoms with Crippen LogP contribution in [0.5, 0.6) is 0 Å². The number of rotatable bonds is 7. The smallest absolute Gasteiger partial charge is 0.123 e. The lowest BCUT2D eigenvalue weighted by Gasteiger charge is -2.15. The highest BCUT2D eigenvalue weighted by Crippen LogP contribution is 2.28. The summed E-state index contributed by atoms with van der Waals surface area (Å²) >= 11 is 0. The molecule has 0 aliphatic heterocycles. The Morgan fingerprint density at radius 3 is 2.61 bits per heavy atom. The van der Waals surface area contributed by atoms with Gasteiger partial charge in [-0.3, -0.25) is 4.98 Å². The van der Waals surface area contributed by atoms with E-state index in [4.69, 9.17) is 4.42 Å². The second-order valence-electron chi connectivity index (χ2n) is 5.41. The fraction of sp³-hybridized carbons (Fsp3) is 0.211. The topological polar surface area (TPSA) is 38.1 Å². The first kappa shape index (κ1) is 15.4. The molecule has 0 radical (unpaired) electrons. The van der Waals surface area contributed by atoms with E-state index in [9.17, 15) is 4.39 Å². The SMILES string of the molecule is Fc1ccc(C(CCNCc2ccccn2)c2ccco2)cc1. The van der Waals surface area contributed by atoms with Crippen molar-refractivity contribution in [2.45, 2.75) is 18.9 Å². The Bertz CT molecular complexity index is 696. The zero-order chi connectivity index (χ0) is 15.9. The van der Waals surface area contributed by atoms with Crippen molar-refractivity contribution in [1.29, 1.82) is 0 Å². The molecule has 0 amide bonds. The minimum absolute atomic E-state index is 0.113. The zero-order valence-electron chi connectivity index (χ0n) is 12.8. The van der Waals surface area contributed by atoms with Crippen LogP contribution in [-0.4, -0.2) is 11.5 Å². The highest BCUT2D eigenvalue weighted by Gasteiger charge is 2.16. The zero-order valence-corrected chi connectivity index (χ0v) is 12.8. The van der Waals surface area contributed by atoms with Crippen LogP contribution in [0.25, 0.3) is 0 Å². The average Bonchev–Trinajstić information content (AvgIpc) is 3.11. The first-order valence-corrected chi connectivity index (χ1v) is 7.72. The van der Waals surface area contributed by atoms with Crippen LogP contribution < -0.4 is 5.32 Å². The van der Waals surface area contributed by atoms with E-state index in [0.717, 1.165) is 36.5 Å². The van der Waals surface area contributed by atoms with E-state index >= 15 is 0 Å². The molecule has 0 saturated carbocycles. The van der Waals surface area contributed by atoms with Crippen LogP contribution in [-0.2, 0) is 6.54 Å². The van der Waals surface area contributed by atoms with Crippen LogP contribution in [0.3, 0.4) is 0 Å². The molecule has 0 spiro atoms. The highest BCUT2D eigenvalue weighted by atomic mass is 19.1. The summed E-state index contributed by atoms with van der Waals surface area (Å²) in [5.41, 5.74) is 2.07. The molecule has 0 aliphatic carbocycles. The van der Waals surface area contributed by atoms with Gasteiger partial charge in [-0.1, -0.05) is 18.2 Å². The van der Waals surface area contributed by atoms with Crippen LogP contribution in [0.15, 0.2) is 71.5 Å². The molecule has 0 saturated heterocycles. The van der Waals surface area contributed by atoms with Gasteiger partial charge in [-0.15, -0.1) is 0 Å². The predicted octanol–water partition coefficient (Wildman–Crippen LogP) is 4.13. The van der Waals surface area contributed by atoms with E-state index in [1.54, 1.807) is 12.5 Å². The Hall–Kier alpha value is -2.46. The van der Waals surface area contributed by atoms with E-state index in [0.29, 0.717) is 0 Å². The maximum atomic E-state index is 13.1. The molecule has 3 nitrogen and oxygen atoms in total. The van der Waals surface area contributed by atoms with Crippen LogP contribution in [0.1, 0.15) is 29.4 Å². The van der Waals surface area contributed by atoms with Crippen molar-refractivity contribution in [3.63, 3.8) is 0 Å². The normalized spacial score (nSPS) is 12.2. The van der Waals surface area contributed by atoms with Crippen molar-refractivity contribution in [3.05, 3.63) is 89.9 Å². The Morgan fingerprint density at radius 1 is 1.04 bits per heavy atom. The molecule has 1 atom stereocenters. The second kappa shape index (κ2) is 7.70. The average molecular weight is 310 g/mol. The molecule has 4 heteroatoms. The van der Waals surface area contributed by atoms with Gasteiger partial charge < -0.3 is 9.73 Å². The Labute approximate surface area is 135 Å². The van der Waals surface area contributed by atoms with Gasteiger partial charge in [0.25, 0.3) is 0 Å². The van der Waals surface area contributed by atoms with Gasteiger partial charge in [0.1, 0.15) is 11.6 Å². The van der Waals surface area contributed by atoms with Gasteiger partial charge >= 0.3 is 0 Å². The highest BCUT2D eigenvalue weighted by molar-refractivity contribution is 5.27. The Balaban J connectivity index is 1.62. The second-order valence-corrected chi connectivity index (χ2v) is 5.41. The van der Waals surface area contributed by atoms with Crippen molar-refractivity contribution in [2.24, 2.45) is 0 Å². The standard InChI is InChI=1S/C19H19FN2O/c20-16-8-6-15(7-9-16)18(19-5-3-13-23-19)10-12-21-14-17-4-1-2-11-22-17/h1-9,11,13,18,21H,10,12,14H2. The molecule has 3 rings (SSSR count). The number of nitrogens with one attached hydrogen (secondary N) is 1. The summed E-state index contributed by atoms with van der Waals surface area (Å²) in [5, 5.41) is 3.40. The first-order valence-electron chi connectivity index (χ1n) is 7.72. The molecular formula is C19H19FN2O. The summed E-state index contributed by atoms with van der Waals surface area (Å²) in [5.74, 6) is 0.790. The van der Waals surface area contributed by atoms with Crippen molar-refractivity contribution in [1.82, 2.24) is 10.3 Å². The third-order valence-corrected chi connectivity index (χ3v) is 3.80. The van der Waals surface area contributed by atoms with Crippen LogP contribution in [0.2, 0.25) is 0 Å². The molecule has 0 fully saturated rings. The molecular weight excluding hydrogens is 291 g/mol. The Morgan fingerprint density at radius 2 is 1.91 bits per heavy atom. The lowest BCUT2D eigenvalue weighted by molar-refractivity contribution is 0.465. The quantitative estimate of drug-likeness (QED) is 0.667. The van der Waals surface area contributed by atoms with Crippen LogP contribution in [0, 0.1) is 5.82 Å². The summed E-state index contributed by atoms with van der Waals surface area (Å²) < 4.78 is 18.7. The van der Waals surface area contributed by atoms with Gasteiger partial charge in [0.2, 0.25) is 0 Å². The molecule has 23 heavy (non-hydrogen) atoms. The molecule has 1 unspecified atom stereocenters. The number of nitrogens with zero attached hydrogens (tertiary/aromatic N) is 1. The lowest BCUT2D eigenvalue weighted by Crippen LogP contribution is -2.18. The van der Waals surface area contributed by atoms with E-state index in [-0.39, 0.29) is 11.7 Å². The Kier molecular flexibility index (Phi) is 5.17. The lowest BCUT2D eigenvalue weighted by atomic mass is 9.93. The summed E-state index contributed by atoms with van der Waals surface area (Å²) in [6.45, 7) is 1.55. The molecule has 0 bridgehead atoms. The first-order chi connectivity index (χ1) is 11.3. The fourth-order valence-electron chi connectivity index (χ4n) is 2.62. The molecule has 0 aliphatic rings. The monoisotopic (exact) mass is 310 g/mol. The largest absolute Gasteiger partial charge is 0.469 e. The van der Waals surface area contributed by atoms with E-state index < -0.39 is 0 Å². The van der Waals surface area contributed by atoms with Crippen LogP contribution >= 0.6 is 0 Å². The number of pyridine rings is 1. The van der Waals surface area contributed by atoms with Gasteiger partial charge in [0, 0.05) is 18.7 Å². The van der Waals surface area contributed by atoms with E-state index in [1.165, 1.54) is 12.1 Å². The van der Waals surface area contributed by atoms with Crippen molar-refractivity contribution in [2.75, 3.05) is 6.54 Å². The molecule has 3 aromatic rings.